The molecule has 0 fully saturated rings. The first-order chi connectivity index (χ1) is 2.27. The van der Waals surface area contributed by atoms with Crippen molar-refractivity contribution in [2.24, 2.45) is 0 Å². The molecule has 0 atom stereocenters. The second-order valence-electron chi connectivity index (χ2n) is 0.663. The minimum absolute atomic E-state index is 0. The van der Waals surface area contributed by atoms with Gasteiger partial charge in [-0.2, -0.15) is 0 Å². The summed E-state index contributed by atoms with van der Waals surface area (Å²) in [7, 11) is 0. The molecule has 0 aromatic carbocycles. The van der Waals surface area contributed by atoms with Crippen molar-refractivity contribution in [1.29, 1.82) is 0 Å². The lowest BCUT2D eigenvalue weighted by Crippen LogP contribution is -2.08. The fourth-order valence-electron chi connectivity index (χ4n) is 0. The van der Waals surface area contributed by atoms with E-state index in [4.69, 9.17) is 15.3 Å². The maximum atomic E-state index is 7.67. The molecule has 0 aromatic rings. The standard InChI is InChI=1S/C2H6O3.H3N/c3-1-2(4)5;/h2-5H,1H2;1H3. The maximum Gasteiger partial charge on any atom is 0.175 e. The molecule has 4 heteroatoms. The summed E-state index contributed by atoms with van der Waals surface area (Å²) in [6.45, 7) is -0.583. The lowest BCUT2D eigenvalue weighted by molar-refractivity contribution is -0.0747. The lowest BCUT2D eigenvalue weighted by Gasteiger charge is -1.89. The third-order valence-electron chi connectivity index (χ3n) is 0.163. The second kappa shape index (κ2) is 4.84. The molecule has 0 radical (unpaired) electrons. The van der Waals surface area contributed by atoms with Gasteiger partial charge in [0.2, 0.25) is 0 Å². The highest BCUT2D eigenvalue weighted by atomic mass is 16.5. The van der Waals surface area contributed by atoms with Crippen molar-refractivity contribution >= 4 is 0 Å². The van der Waals surface area contributed by atoms with Gasteiger partial charge in [0.1, 0.15) is 0 Å². The van der Waals surface area contributed by atoms with E-state index in [-0.39, 0.29) is 6.15 Å². The van der Waals surface area contributed by atoms with E-state index in [9.17, 15) is 0 Å². The highest BCUT2D eigenvalue weighted by molar-refractivity contribution is 4.20. The van der Waals surface area contributed by atoms with Crippen LogP contribution < -0.4 is 6.15 Å². The summed E-state index contributed by atoms with van der Waals surface area (Å²) in [6, 6.07) is 0. The lowest BCUT2D eigenvalue weighted by atomic mass is 10.7. The van der Waals surface area contributed by atoms with E-state index in [1.54, 1.807) is 0 Å². The number of hydrogen-bond acceptors (Lipinski definition) is 4. The summed E-state index contributed by atoms with van der Waals surface area (Å²) in [4.78, 5) is 0. The molecule has 40 valence electrons. The molecule has 0 saturated carbocycles. The predicted octanol–water partition coefficient (Wildman–Crippen LogP) is -1.55. The van der Waals surface area contributed by atoms with E-state index < -0.39 is 12.9 Å². The molecule has 4 nitrogen and oxygen atoms in total. The Bertz CT molecular complexity index is 22.8. The van der Waals surface area contributed by atoms with Gasteiger partial charge in [0, 0.05) is 0 Å². The zero-order chi connectivity index (χ0) is 4.28. The van der Waals surface area contributed by atoms with E-state index in [2.05, 4.69) is 0 Å². The van der Waals surface area contributed by atoms with Crippen molar-refractivity contribution in [1.82, 2.24) is 6.15 Å². The first-order valence-corrected chi connectivity index (χ1v) is 1.24. The monoisotopic (exact) mass is 95.1 g/mol. The molecule has 0 saturated heterocycles. The average molecular weight is 95.1 g/mol. The smallest absolute Gasteiger partial charge is 0.175 e. The number of aliphatic hydroxyl groups excluding tert-OH is 2. The van der Waals surface area contributed by atoms with E-state index in [1.165, 1.54) is 0 Å². The fraction of sp³-hybridized carbons (Fsp3) is 1.00. The van der Waals surface area contributed by atoms with Gasteiger partial charge in [-0.05, 0) is 0 Å². The Morgan fingerprint density at radius 3 is 1.50 bits per heavy atom. The highest BCUT2D eigenvalue weighted by Crippen LogP contribution is 1.62. The van der Waals surface area contributed by atoms with E-state index in [0.29, 0.717) is 0 Å². The van der Waals surface area contributed by atoms with Crippen LogP contribution in [0.5, 0.6) is 0 Å². The van der Waals surface area contributed by atoms with E-state index in [0.717, 1.165) is 0 Å². The van der Waals surface area contributed by atoms with Gasteiger partial charge < -0.3 is 21.5 Å². The first kappa shape index (κ1) is 9.28. The third-order valence-corrected chi connectivity index (χ3v) is 0.163. The summed E-state index contributed by atoms with van der Waals surface area (Å²) in [5.41, 5.74) is 0. The van der Waals surface area contributed by atoms with Crippen LogP contribution in [0.3, 0.4) is 0 Å². The van der Waals surface area contributed by atoms with Crippen molar-refractivity contribution in [3.8, 4) is 0 Å². The Hall–Kier alpha value is -0.160. The van der Waals surface area contributed by atoms with E-state index in [1.807, 2.05) is 0 Å². The van der Waals surface area contributed by atoms with Crippen molar-refractivity contribution in [2.75, 3.05) is 6.61 Å². The number of rotatable bonds is 1. The van der Waals surface area contributed by atoms with Gasteiger partial charge in [0.15, 0.2) is 6.29 Å². The quantitative estimate of drug-likeness (QED) is 0.296. The third kappa shape index (κ3) is 9.15. The average Bonchev–Trinajstić information content (AvgIpc) is 1.38. The fourth-order valence-corrected chi connectivity index (χ4v) is 0. The van der Waals surface area contributed by atoms with Crippen LogP contribution in [0, 0.1) is 0 Å². The van der Waals surface area contributed by atoms with Gasteiger partial charge in [-0.15, -0.1) is 0 Å². The molecule has 0 bridgehead atoms. The molecule has 0 amide bonds. The number of hydrogen-bond donors (Lipinski definition) is 4. The van der Waals surface area contributed by atoms with Gasteiger partial charge in [-0.25, -0.2) is 0 Å². The molecule has 0 spiro atoms. The van der Waals surface area contributed by atoms with Crippen LogP contribution in [0.25, 0.3) is 0 Å². The summed E-state index contributed by atoms with van der Waals surface area (Å²) >= 11 is 0. The molecule has 6 N–H and O–H groups in total. The highest BCUT2D eigenvalue weighted by Gasteiger charge is 1.85. The van der Waals surface area contributed by atoms with Crippen LogP contribution in [0.4, 0.5) is 0 Å². The summed E-state index contributed by atoms with van der Waals surface area (Å²) in [5.74, 6) is 0. The summed E-state index contributed by atoms with van der Waals surface area (Å²) < 4.78 is 0. The molecule has 0 unspecified atom stereocenters. The Labute approximate surface area is 35.6 Å². The van der Waals surface area contributed by atoms with E-state index >= 15 is 0 Å². The van der Waals surface area contributed by atoms with Gasteiger partial charge in [-0.3, -0.25) is 0 Å². The predicted molar refractivity (Wildman–Crippen MR) is 20.3 cm³/mol. The minimum Gasteiger partial charge on any atom is -0.391 e. The van der Waals surface area contributed by atoms with Crippen LogP contribution in [0.1, 0.15) is 0 Å². The van der Waals surface area contributed by atoms with Gasteiger partial charge in [0.25, 0.3) is 0 Å². The van der Waals surface area contributed by atoms with Crippen molar-refractivity contribution < 1.29 is 15.3 Å². The Balaban J connectivity index is 0. The largest absolute Gasteiger partial charge is 0.391 e. The summed E-state index contributed by atoms with van der Waals surface area (Å²) in [5, 5.41) is 23.0. The van der Waals surface area contributed by atoms with Gasteiger partial charge >= 0.3 is 0 Å². The Morgan fingerprint density at radius 1 is 1.33 bits per heavy atom. The van der Waals surface area contributed by atoms with Crippen LogP contribution >= 0.6 is 0 Å². The van der Waals surface area contributed by atoms with Gasteiger partial charge in [-0.1, -0.05) is 0 Å². The minimum atomic E-state index is -1.56. The molecular weight excluding hydrogens is 86.0 g/mol. The Kier molecular flexibility index (Phi) is 7.48. The van der Waals surface area contributed by atoms with Crippen molar-refractivity contribution in [3.63, 3.8) is 0 Å². The molecule has 0 aliphatic rings. The van der Waals surface area contributed by atoms with Crippen molar-refractivity contribution in [2.45, 2.75) is 6.29 Å². The number of aliphatic hydroxyl groups is 3. The first-order valence-electron chi connectivity index (χ1n) is 1.24. The molecule has 0 heterocycles. The van der Waals surface area contributed by atoms with Crippen LogP contribution in [0.15, 0.2) is 0 Å². The SMILES string of the molecule is N.OCC(O)O. The molecule has 0 aliphatic heterocycles. The van der Waals surface area contributed by atoms with Gasteiger partial charge in [0.05, 0.1) is 6.61 Å². The molecule has 0 aromatic heterocycles. The van der Waals surface area contributed by atoms with Crippen LogP contribution in [-0.4, -0.2) is 28.2 Å². The maximum absolute atomic E-state index is 7.67. The van der Waals surface area contributed by atoms with Crippen molar-refractivity contribution in [3.05, 3.63) is 0 Å². The van der Waals surface area contributed by atoms with Crippen LogP contribution in [0.2, 0.25) is 0 Å². The summed E-state index contributed by atoms with van der Waals surface area (Å²) in [6.07, 6.45) is -1.56. The zero-order valence-electron chi connectivity index (χ0n) is 3.33. The molecule has 0 aliphatic carbocycles. The molecular formula is C2H9NO3. The topological polar surface area (TPSA) is 95.7 Å². The Morgan fingerprint density at radius 2 is 1.50 bits per heavy atom. The van der Waals surface area contributed by atoms with Crippen LogP contribution in [-0.2, 0) is 0 Å². The molecule has 0 rings (SSSR count). The second-order valence-corrected chi connectivity index (χ2v) is 0.663. The molecule has 6 heavy (non-hydrogen) atoms. The normalized spacial score (nSPS) is 8.00. The zero-order valence-corrected chi connectivity index (χ0v) is 3.33.